The molecular weight excluding hydrogens is 795 g/mol. The Hall–Kier alpha value is -2.87. The number of aromatic carboxylic acids is 6. The van der Waals surface area contributed by atoms with Gasteiger partial charge in [0.25, 0.3) is 0 Å². The van der Waals surface area contributed by atoms with E-state index in [1.54, 1.807) is 0 Å². The summed E-state index contributed by atoms with van der Waals surface area (Å²) in [5, 5.41) is 61.2. The van der Waals surface area contributed by atoms with Crippen molar-refractivity contribution in [3.63, 3.8) is 0 Å². The molecule has 3 aromatic carbocycles. The molecule has 0 spiro atoms. The molecule has 0 unspecified atom stereocenters. The van der Waals surface area contributed by atoms with Gasteiger partial charge in [-0.3, -0.25) is 0 Å². The number of benzene rings is 3. The maximum Gasteiger partial charge on any atom is 3.00 e. The molecule has 0 aromatic heterocycles. The van der Waals surface area contributed by atoms with Gasteiger partial charge in [0.05, 0.1) is 35.8 Å². The normalized spacial score (nSPS) is 8.84. The van der Waals surface area contributed by atoms with Crippen LogP contribution in [0.5, 0.6) is 0 Å². The van der Waals surface area contributed by atoms with Gasteiger partial charge in [-0.15, -0.1) is 0 Å². The van der Waals surface area contributed by atoms with E-state index in [0.29, 0.717) is 0 Å². The predicted octanol–water partition coefficient (Wildman–Crippen LogP) is -4.76. The van der Waals surface area contributed by atoms with Gasteiger partial charge < -0.3 is 59.4 Å². The Balaban J connectivity index is 0. The molecule has 38 heavy (non-hydrogen) atoms. The molecule has 0 heterocycles. The average molecular weight is 807 g/mol. The molecule has 0 N–H and O–H groups in total. The number of hydrogen-bond donors (Lipinski definition) is 0. The molecule has 0 atom stereocenters. The fraction of sp³-hybridized carbons (Fsp3) is 0. The van der Waals surface area contributed by atoms with Crippen LogP contribution < -0.4 is 30.6 Å². The SMILES string of the molecule is O=C([O-])c1ccc(C(=O)[O-])cc1.O=C([O-])c1ccc(C(=O)[O-])cc1.O=C([O-])c1ccc(C(=O)[O-])cc1.[Gd+3].[Gd+3]. The maximum absolute atomic E-state index is 10.2. The van der Waals surface area contributed by atoms with Crippen LogP contribution in [0.15, 0.2) is 72.8 Å². The Kier molecular flexibility index (Phi) is 18.0. The average Bonchev–Trinajstić information content (AvgIpc) is 2.84. The molecule has 14 heteroatoms. The van der Waals surface area contributed by atoms with Gasteiger partial charge in [-0.25, -0.2) is 0 Å². The maximum atomic E-state index is 10.2. The summed E-state index contributed by atoms with van der Waals surface area (Å²) in [6.45, 7) is 0. The minimum atomic E-state index is -1.33. The Bertz CT molecular complexity index is 1010. The number of hydrogen-bond acceptors (Lipinski definition) is 12. The monoisotopic (exact) mass is 808 g/mol. The zero-order valence-electron chi connectivity index (χ0n) is 18.5. The molecule has 12 nitrogen and oxygen atoms in total. The zero-order valence-corrected chi connectivity index (χ0v) is 23.1. The third-order valence-corrected chi connectivity index (χ3v) is 4.07. The quantitative estimate of drug-likeness (QED) is 0.228. The van der Waals surface area contributed by atoms with Crippen LogP contribution in [-0.4, -0.2) is 35.8 Å². The van der Waals surface area contributed by atoms with Crippen LogP contribution in [0.25, 0.3) is 0 Å². The molecular formula is C24H12Gd2O12. The van der Waals surface area contributed by atoms with Crippen molar-refractivity contribution in [3.05, 3.63) is 106 Å². The number of carboxylic acid groups (broad SMARTS) is 6. The summed E-state index contributed by atoms with van der Waals surface area (Å²) in [7, 11) is 0. The van der Waals surface area contributed by atoms with E-state index < -0.39 is 35.8 Å². The second-order valence-electron chi connectivity index (χ2n) is 6.46. The van der Waals surface area contributed by atoms with E-state index in [2.05, 4.69) is 0 Å². The summed E-state index contributed by atoms with van der Waals surface area (Å²) in [5.41, 5.74) is -0.333. The molecule has 0 saturated heterocycles. The number of rotatable bonds is 6. The molecule has 0 amide bonds. The number of carbonyl (C=O) groups is 6. The minimum Gasteiger partial charge on any atom is -0.545 e. The minimum absolute atomic E-state index is 0. The third-order valence-electron chi connectivity index (χ3n) is 4.07. The second kappa shape index (κ2) is 18.4. The first-order valence-electron chi connectivity index (χ1n) is 9.41. The topological polar surface area (TPSA) is 241 Å². The van der Waals surface area contributed by atoms with Gasteiger partial charge in [-0.1, -0.05) is 72.8 Å². The first-order chi connectivity index (χ1) is 16.8. The summed E-state index contributed by atoms with van der Waals surface area (Å²) in [6.07, 6.45) is 0. The standard InChI is InChI=1S/3C8H6O4.2Gd/c3*9-7(10)5-1-2-6(4-3-5)8(11)12;;/h3*1-4H,(H,9,10)(H,11,12);;/q;;;2*+3/p-6. The van der Waals surface area contributed by atoms with Crippen molar-refractivity contribution in [1.29, 1.82) is 0 Å². The van der Waals surface area contributed by atoms with Crippen LogP contribution >= 0.6 is 0 Å². The van der Waals surface area contributed by atoms with Crippen LogP contribution in [0, 0.1) is 79.9 Å². The molecule has 3 aromatic rings. The fourth-order valence-electron chi connectivity index (χ4n) is 2.23. The van der Waals surface area contributed by atoms with E-state index in [1.165, 1.54) is 0 Å². The summed E-state index contributed by atoms with van der Waals surface area (Å²) >= 11 is 0. The molecule has 3 rings (SSSR count). The fourth-order valence-corrected chi connectivity index (χ4v) is 2.23. The summed E-state index contributed by atoms with van der Waals surface area (Å²) in [5.74, 6) is -8.00. The Morgan fingerprint density at radius 3 is 0.421 bits per heavy atom. The van der Waals surface area contributed by atoms with Crippen LogP contribution in [0.3, 0.4) is 0 Å². The van der Waals surface area contributed by atoms with E-state index in [-0.39, 0.29) is 113 Å². The number of carboxylic acids is 6. The molecule has 0 saturated carbocycles. The van der Waals surface area contributed by atoms with Crippen molar-refractivity contribution in [2.45, 2.75) is 0 Å². The number of carbonyl (C=O) groups excluding carboxylic acids is 6. The van der Waals surface area contributed by atoms with Crippen molar-refractivity contribution in [3.8, 4) is 0 Å². The van der Waals surface area contributed by atoms with E-state index in [9.17, 15) is 59.4 Å². The van der Waals surface area contributed by atoms with Gasteiger partial charge in [-0.2, -0.15) is 0 Å². The molecule has 0 bridgehead atoms. The van der Waals surface area contributed by atoms with E-state index in [1.807, 2.05) is 0 Å². The van der Waals surface area contributed by atoms with Crippen molar-refractivity contribution in [1.82, 2.24) is 0 Å². The van der Waals surface area contributed by atoms with Gasteiger partial charge >= 0.3 is 79.9 Å². The largest absolute Gasteiger partial charge is 3.00 e. The first kappa shape index (κ1) is 37.3. The Labute approximate surface area is 278 Å². The Morgan fingerprint density at radius 1 is 0.289 bits per heavy atom. The van der Waals surface area contributed by atoms with Crippen molar-refractivity contribution >= 4 is 35.8 Å². The molecule has 2 radical (unpaired) electrons. The van der Waals surface area contributed by atoms with Crippen molar-refractivity contribution < 1.29 is 139 Å². The first-order valence-corrected chi connectivity index (χ1v) is 9.41. The second-order valence-corrected chi connectivity index (χ2v) is 6.46. The smallest absolute Gasteiger partial charge is 0.545 e. The molecule has 196 valence electrons. The molecule has 0 aliphatic heterocycles. The van der Waals surface area contributed by atoms with E-state index in [4.69, 9.17) is 0 Å². The summed E-state index contributed by atoms with van der Waals surface area (Å²) in [4.78, 5) is 61.2. The van der Waals surface area contributed by atoms with Gasteiger partial charge in [0, 0.05) is 0 Å². The zero-order chi connectivity index (χ0) is 27.4. The summed E-state index contributed by atoms with van der Waals surface area (Å²) < 4.78 is 0. The third kappa shape index (κ3) is 13.1. The predicted molar refractivity (Wildman–Crippen MR) is 105 cm³/mol. The van der Waals surface area contributed by atoms with E-state index in [0.717, 1.165) is 72.8 Å². The van der Waals surface area contributed by atoms with E-state index >= 15 is 0 Å². The molecule has 0 aliphatic carbocycles. The van der Waals surface area contributed by atoms with Crippen molar-refractivity contribution in [2.24, 2.45) is 0 Å². The van der Waals surface area contributed by atoms with Gasteiger partial charge in [0.15, 0.2) is 0 Å². The summed E-state index contributed by atoms with van der Waals surface area (Å²) in [6, 6.07) is 13.8. The molecule has 0 fully saturated rings. The van der Waals surface area contributed by atoms with Gasteiger partial charge in [0.1, 0.15) is 0 Å². The van der Waals surface area contributed by atoms with Crippen LogP contribution in [-0.2, 0) is 0 Å². The van der Waals surface area contributed by atoms with Crippen molar-refractivity contribution in [2.75, 3.05) is 0 Å². The molecule has 0 aliphatic rings. The van der Waals surface area contributed by atoms with Crippen LogP contribution in [0.1, 0.15) is 62.1 Å². The van der Waals surface area contributed by atoms with Crippen LogP contribution in [0.4, 0.5) is 0 Å². The van der Waals surface area contributed by atoms with Gasteiger partial charge in [-0.05, 0) is 33.4 Å². The van der Waals surface area contributed by atoms with Gasteiger partial charge in [0.2, 0.25) is 0 Å². The van der Waals surface area contributed by atoms with Crippen LogP contribution in [0.2, 0.25) is 0 Å². The Morgan fingerprint density at radius 2 is 0.368 bits per heavy atom.